The SMILES string of the molecule is CC(C)CNC(=O)CN(C)C(C)C(=O)OC(C)(C)C. The number of hydrogen-bond acceptors (Lipinski definition) is 4. The second-order valence-corrected chi connectivity index (χ2v) is 6.32. The summed E-state index contributed by atoms with van der Waals surface area (Å²) in [5.41, 5.74) is -0.508. The number of carbonyl (C=O) groups excluding carboxylic acids is 2. The van der Waals surface area contributed by atoms with E-state index in [1.54, 1.807) is 18.9 Å². The third-order valence-electron chi connectivity index (χ3n) is 2.51. The molecule has 0 saturated heterocycles. The average Bonchev–Trinajstić information content (AvgIpc) is 2.22. The van der Waals surface area contributed by atoms with Crippen LogP contribution in [0.15, 0.2) is 0 Å². The maximum atomic E-state index is 11.9. The normalized spacial score (nSPS) is 13.5. The molecule has 0 aromatic heterocycles. The van der Waals surface area contributed by atoms with Crippen molar-refractivity contribution in [2.75, 3.05) is 20.1 Å². The third kappa shape index (κ3) is 8.59. The number of esters is 1. The van der Waals surface area contributed by atoms with E-state index < -0.39 is 11.6 Å². The lowest BCUT2D eigenvalue weighted by Crippen LogP contribution is -2.45. The summed E-state index contributed by atoms with van der Waals surface area (Å²) in [5.74, 6) is 0.0239. The summed E-state index contributed by atoms with van der Waals surface area (Å²) in [6.07, 6.45) is 0. The molecule has 1 N–H and O–H groups in total. The number of nitrogens with zero attached hydrogens (tertiary/aromatic N) is 1. The Labute approximate surface area is 116 Å². The Balaban J connectivity index is 4.22. The zero-order valence-corrected chi connectivity index (χ0v) is 13.2. The van der Waals surface area contributed by atoms with Crippen LogP contribution in [0.25, 0.3) is 0 Å². The Morgan fingerprint density at radius 3 is 2.16 bits per heavy atom. The molecule has 1 atom stereocenters. The molecule has 5 nitrogen and oxygen atoms in total. The molecule has 0 spiro atoms. The van der Waals surface area contributed by atoms with Crippen LogP contribution < -0.4 is 5.32 Å². The smallest absolute Gasteiger partial charge is 0.323 e. The van der Waals surface area contributed by atoms with Gasteiger partial charge in [-0.3, -0.25) is 14.5 Å². The number of likely N-dealkylation sites (N-methyl/N-ethyl adjacent to an activating group) is 1. The van der Waals surface area contributed by atoms with Gasteiger partial charge in [-0.25, -0.2) is 0 Å². The Morgan fingerprint density at radius 2 is 1.74 bits per heavy atom. The maximum absolute atomic E-state index is 11.9. The van der Waals surface area contributed by atoms with Gasteiger partial charge < -0.3 is 10.1 Å². The van der Waals surface area contributed by atoms with E-state index in [4.69, 9.17) is 4.74 Å². The molecule has 0 rings (SSSR count). The summed E-state index contributed by atoms with van der Waals surface area (Å²) >= 11 is 0. The predicted molar refractivity (Wildman–Crippen MR) is 75.8 cm³/mol. The molecule has 1 unspecified atom stereocenters. The van der Waals surface area contributed by atoms with E-state index in [2.05, 4.69) is 5.32 Å². The second-order valence-electron chi connectivity index (χ2n) is 6.32. The topological polar surface area (TPSA) is 58.6 Å². The van der Waals surface area contributed by atoms with Crippen LogP contribution in [0.2, 0.25) is 0 Å². The summed E-state index contributed by atoms with van der Waals surface area (Å²) in [6, 6.07) is -0.441. The van der Waals surface area contributed by atoms with Gasteiger partial charge in [0.2, 0.25) is 5.91 Å². The van der Waals surface area contributed by atoms with E-state index in [-0.39, 0.29) is 18.4 Å². The number of hydrogen-bond donors (Lipinski definition) is 1. The van der Waals surface area contributed by atoms with Gasteiger partial charge in [-0.2, -0.15) is 0 Å². The van der Waals surface area contributed by atoms with Crippen LogP contribution in [0, 0.1) is 5.92 Å². The first-order valence-corrected chi connectivity index (χ1v) is 6.72. The van der Waals surface area contributed by atoms with E-state index in [0.29, 0.717) is 12.5 Å². The Hall–Kier alpha value is -1.10. The van der Waals surface area contributed by atoms with Gasteiger partial charge in [-0.1, -0.05) is 13.8 Å². The molecule has 0 aliphatic heterocycles. The van der Waals surface area contributed by atoms with Gasteiger partial charge in [0, 0.05) is 6.54 Å². The zero-order chi connectivity index (χ0) is 15.2. The van der Waals surface area contributed by atoms with Crippen LogP contribution in [0.3, 0.4) is 0 Å². The van der Waals surface area contributed by atoms with Gasteiger partial charge in [0.05, 0.1) is 6.54 Å². The number of carbonyl (C=O) groups is 2. The summed E-state index contributed by atoms with van der Waals surface area (Å²) in [7, 11) is 1.74. The molecule has 0 bridgehead atoms. The molecule has 0 heterocycles. The molecule has 0 aliphatic carbocycles. The lowest BCUT2D eigenvalue weighted by atomic mass is 10.2. The monoisotopic (exact) mass is 272 g/mol. The zero-order valence-electron chi connectivity index (χ0n) is 13.2. The standard InChI is InChI=1S/C14H28N2O3/c1-10(2)8-15-12(17)9-16(7)11(3)13(18)19-14(4,5)6/h10-11H,8-9H2,1-7H3,(H,15,17). The number of ether oxygens (including phenoxy) is 1. The largest absolute Gasteiger partial charge is 0.459 e. The van der Waals surface area contributed by atoms with Crippen molar-refractivity contribution < 1.29 is 14.3 Å². The average molecular weight is 272 g/mol. The second kappa shape index (κ2) is 7.48. The van der Waals surface area contributed by atoms with Crippen LogP contribution in [0.1, 0.15) is 41.5 Å². The van der Waals surface area contributed by atoms with E-state index in [0.717, 1.165) is 0 Å². The highest BCUT2D eigenvalue weighted by Crippen LogP contribution is 2.10. The molecule has 5 heteroatoms. The van der Waals surface area contributed by atoms with Crippen LogP contribution in [0.4, 0.5) is 0 Å². The Kier molecular flexibility index (Phi) is 7.05. The predicted octanol–water partition coefficient (Wildman–Crippen LogP) is 1.42. The fourth-order valence-electron chi connectivity index (χ4n) is 1.30. The summed E-state index contributed by atoms with van der Waals surface area (Å²) in [6.45, 7) is 12.1. The molecule has 0 radical (unpaired) electrons. The first kappa shape index (κ1) is 17.9. The van der Waals surface area contributed by atoms with E-state index in [1.165, 1.54) is 0 Å². The molecular formula is C14H28N2O3. The van der Waals surface area contributed by atoms with Crippen molar-refractivity contribution in [1.82, 2.24) is 10.2 Å². The van der Waals surface area contributed by atoms with Crippen molar-refractivity contribution in [3.63, 3.8) is 0 Å². The van der Waals surface area contributed by atoms with Gasteiger partial charge in [-0.15, -0.1) is 0 Å². The molecule has 0 saturated carbocycles. The first-order valence-electron chi connectivity index (χ1n) is 6.72. The molecule has 19 heavy (non-hydrogen) atoms. The Morgan fingerprint density at radius 1 is 1.21 bits per heavy atom. The van der Waals surface area contributed by atoms with Gasteiger partial charge in [0.1, 0.15) is 11.6 Å². The third-order valence-corrected chi connectivity index (χ3v) is 2.51. The molecule has 0 aromatic rings. The number of amides is 1. The van der Waals surface area contributed by atoms with E-state index >= 15 is 0 Å². The van der Waals surface area contributed by atoms with E-state index in [9.17, 15) is 9.59 Å². The molecular weight excluding hydrogens is 244 g/mol. The quantitative estimate of drug-likeness (QED) is 0.743. The van der Waals surface area contributed by atoms with Crippen molar-refractivity contribution in [2.24, 2.45) is 5.92 Å². The van der Waals surface area contributed by atoms with Crippen molar-refractivity contribution in [2.45, 2.75) is 53.2 Å². The number of rotatable bonds is 6. The number of nitrogens with one attached hydrogen (secondary N) is 1. The lowest BCUT2D eigenvalue weighted by Gasteiger charge is -2.27. The Bertz CT molecular complexity index is 308. The first-order chi connectivity index (χ1) is 8.53. The molecule has 0 aromatic carbocycles. The highest BCUT2D eigenvalue weighted by molar-refractivity contribution is 5.80. The minimum atomic E-state index is -0.508. The molecule has 0 aliphatic rings. The van der Waals surface area contributed by atoms with Gasteiger partial charge >= 0.3 is 5.97 Å². The van der Waals surface area contributed by atoms with Crippen LogP contribution in [-0.4, -0.2) is 48.6 Å². The van der Waals surface area contributed by atoms with E-state index in [1.807, 2.05) is 34.6 Å². The van der Waals surface area contributed by atoms with Gasteiger partial charge in [0.25, 0.3) is 0 Å². The fraction of sp³-hybridized carbons (Fsp3) is 0.857. The molecule has 1 amide bonds. The van der Waals surface area contributed by atoms with Crippen molar-refractivity contribution in [1.29, 1.82) is 0 Å². The highest BCUT2D eigenvalue weighted by atomic mass is 16.6. The minimum absolute atomic E-state index is 0.0772. The summed E-state index contributed by atoms with van der Waals surface area (Å²) in [4.78, 5) is 25.2. The van der Waals surface area contributed by atoms with Gasteiger partial charge in [0.15, 0.2) is 0 Å². The van der Waals surface area contributed by atoms with Gasteiger partial charge in [-0.05, 0) is 40.7 Å². The lowest BCUT2D eigenvalue weighted by molar-refractivity contribution is -0.160. The maximum Gasteiger partial charge on any atom is 0.323 e. The fourth-order valence-corrected chi connectivity index (χ4v) is 1.30. The molecule has 112 valence electrons. The van der Waals surface area contributed by atoms with Crippen LogP contribution >= 0.6 is 0 Å². The van der Waals surface area contributed by atoms with Crippen LogP contribution in [0.5, 0.6) is 0 Å². The van der Waals surface area contributed by atoms with Crippen LogP contribution in [-0.2, 0) is 14.3 Å². The summed E-state index contributed by atoms with van der Waals surface area (Å²) in [5, 5.41) is 2.82. The summed E-state index contributed by atoms with van der Waals surface area (Å²) < 4.78 is 5.29. The van der Waals surface area contributed by atoms with Crippen molar-refractivity contribution >= 4 is 11.9 Å². The van der Waals surface area contributed by atoms with Crippen molar-refractivity contribution in [3.05, 3.63) is 0 Å². The van der Waals surface area contributed by atoms with Crippen molar-refractivity contribution in [3.8, 4) is 0 Å². The highest BCUT2D eigenvalue weighted by Gasteiger charge is 2.25. The minimum Gasteiger partial charge on any atom is -0.459 e. The molecule has 0 fully saturated rings.